The van der Waals surface area contributed by atoms with Gasteiger partial charge in [-0.2, -0.15) is 0 Å². The Morgan fingerprint density at radius 1 is 1.23 bits per heavy atom. The fourth-order valence-corrected chi connectivity index (χ4v) is 2.33. The molecule has 1 aromatic carbocycles. The first-order valence-corrected chi connectivity index (χ1v) is 7.98. The zero-order chi connectivity index (χ0) is 18.4. The lowest BCUT2D eigenvalue weighted by Gasteiger charge is -2.06. The van der Waals surface area contributed by atoms with Crippen molar-refractivity contribution in [2.75, 3.05) is 0 Å². The Labute approximate surface area is 150 Å². The van der Waals surface area contributed by atoms with Gasteiger partial charge in [0.05, 0.1) is 6.54 Å². The SMILES string of the molecule is C=NC(=NC=CC)c1nc(-c2ccccn2)n(Cc2ccccc2F)n1. The van der Waals surface area contributed by atoms with Crippen LogP contribution in [-0.4, -0.2) is 32.3 Å². The summed E-state index contributed by atoms with van der Waals surface area (Å²) in [4.78, 5) is 16.9. The predicted octanol–water partition coefficient (Wildman–Crippen LogP) is 3.51. The maximum atomic E-state index is 14.1. The van der Waals surface area contributed by atoms with Crippen LogP contribution in [0.4, 0.5) is 4.39 Å². The van der Waals surface area contributed by atoms with E-state index in [0.29, 0.717) is 22.9 Å². The molecule has 0 atom stereocenters. The molecule has 0 amide bonds. The second kappa shape index (κ2) is 8.06. The number of hydrogen-bond donors (Lipinski definition) is 0. The van der Waals surface area contributed by atoms with Crippen molar-refractivity contribution in [1.29, 1.82) is 0 Å². The summed E-state index contributed by atoms with van der Waals surface area (Å²) in [6.45, 7) is 5.57. The average molecular weight is 348 g/mol. The molecule has 3 aromatic rings. The number of pyridine rings is 1. The van der Waals surface area contributed by atoms with E-state index in [0.717, 1.165) is 0 Å². The van der Waals surface area contributed by atoms with Gasteiger partial charge in [0.15, 0.2) is 11.7 Å². The van der Waals surface area contributed by atoms with Crippen molar-refractivity contribution < 1.29 is 4.39 Å². The fourth-order valence-electron chi connectivity index (χ4n) is 2.33. The van der Waals surface area contributed by atoms with Crippen LogP contribution < -0.4 is 0 Å². The van der Waals surface area contributed by atoms with E-state index in [2.05, 4.69) is 31.8 Å². The molecule has 2 aromatic heterocycles. The molecular formula is C19H17FN6. The van der Waals surface area contributed by atoms with E-state index in [1.807, 2.05) is 25.1 Å². The van der Waals surface area contributed by atoms with Crippen LogP contribution in [0, 0.1) is 5.82 Å². The zero-order valence-corrected chi connectivity index (χ0v) is 14.2. The smallest absolute Gasteiger partial charge is 0.219 e. The molecule has 3 rings (SSSR count). The summed E-state index contributed by atoms with van der Waals surface area (Å²) in [5.41, 5.74) is 1.12. The number of hydrogen-bond acceptors (Lipinski definition) is 4. The van der Waals surface area contributed by atoms with E-state index in [1.165, 1.54) is 6.07 Å². The van der Waals surface area contributed by atoms with Crippen molar-refractivity contribution in [2.24, 2.45) is 9.98 Å². The highest BCUT2D eigenvalue weighted by Gasteiger charge is 2.17. The van der Waals surface area contributed by atoms with Gasteiger partial charge in [0.25, 0.3) is 0 Å². The van der Waals surface area contributed by atoms with Crippen LogP contribution in [0.25, 0.3) is 11.5 Å². The minimum absolute atomic E-state index is 0.208. The normalized spacial score (nSPS) is 11.8. The molecule has 6 nitrogen and oxygen atoms in total. The topological polar surface area (TPSA) is 68.3 Å². The van der Waals surface area contributed by atoms with Crippen molar-refractivity contribution in [3.8, 4) is 11.5 Å². The largest absolute Gasteiger partial charge is 0.253 e. The Hall–Kier alpha value is -3.48. The maximum Gasteiger partial charge on any atom is 0.219 e. The van der Waals surface area contributed by atoms with Gasteiger partial charge in [-0.05, 0) is 31.8 Å². The third-order valence-corrected chi connectivity index (χ3v) is 3.54. The molecular weight excluding hydrogens is 331 g/mol. The highest BCUT2D eigenvalue weighted by Crippen LogP contribution is 2.18. The van der Waals surface area contributed by atoms with Gasteiger partial charge in [0.1, 0.15) is 11.5 Å². The molecule has 0 radical (unpaired) electrons. The molecule has 0 aliphatic heterocycles. The van der Waals surface area contributed by atoms with Gasteiger partial charge >= 0.3 is 0 Å². The lowest BCUT2D eigenvalue weighted by atomic mass is 10.2. The number of aromatic nitrogens is 4. The second-order valence-electron chi connectivity index (χ2n) is 5.32. The van der Waals surface area contributed by atoms with E-state index in [1.54, 1.807) is 41.4 Å². The van der Waals surface area contributed by atoms with Crippen molar-refractivity contribution in [2.45, 2.75) is 13.5 Å². The van der Waals surface area contributed by atoms with E-state index >= 15 is 0 Å². The Kier molecular flexibility index (Phi) is 5.38. The monoisotopic (exact) mass is 348 g/mol. The molecule has 0 spiro atoms. The molecule has 26 heavy (non-hydrogen) atoms. The number of nitrogens with zero attached hydrogens (tertiary/aromatic N) is 6. The molecule has 2 heterocycles. The van der Waals surface area contributed by atoms with Crippen LogP contribution in [0.3, 0.4) is 0 Å². The van der Waals surface area contributed by atoms with Gasteiger partial charge in [-0.3, -0.25) is 4.98 Å². The van der Waals surface area contributed by atoms with E-state index < -0.39 is 0 Å². The number of aliphatic imine (C=N–C) groups is 2. The number of benzene rings is 1. The third-order valence-electron chi connectivity index (χ3n) is 3.54. The lowest BCUT2D eigenvalue weighted by molar-refractivity contribution is 0.586. The van der Waals surface area contributed by atoms with Crippen molar-refractivity contribution in [3.63, 3.8) is 0 Å². The molecule has 0 saturated carbocycles. The lowest BCUT2D eigenvalue weighted by Crippen LogP contribution is -2.07. The van der Waals surface area contributed by atoms with Gasteiger partial charge in [-0.1, -0.05) is 30.3 Å². The summed E-state index contributed by atoms with van der Waals surface area (Å²) in [7, 11) is 0. The van der Waals surface area contributed by atoms with E-state index in [9.17, 15) is 4.39 Å². The summed E-state index contributed by atoms with van der Waals surface area (Å²) < 4.78 is 15.7. The van der Waals surface area contributed by atoms with Crippen molar-refractivity contribution in [1.82, 2.24) is 19.7 Å². The summed E-state index contributed by atoms with van der Waals surface area (Å²) in [5, 5.41) is 4.45. The Bertz CT molecular complexity index is 959. The highest BCUT2D eigenvalue weighted by molar-refractivity contribution is 5.98. The number of amidine groups is 1. The van der Waals surface area contributed by atoms with E-state index in [-0.39, 0.29) is 18.2 Å². The Morgan fingerprint density at radius 2 is 2.04 bits per heavy atom. The first-order valence-electron chi connectivity index (χ1n) is 7.98. The number of rotatable bonds is 5. The van der Waals surface area contributed by atoms with Crippen LogP contribution in [0.2, 0.25) is 0 Å². The van der Waals surface area contributed by atoms with E-state index in [4.69, 9.17) is 0 Å². The minimum atomic E-state index is -0.304. The summed E-state index contributed by atoms with van der Waals surface area (Å²) >= 11 is 0. The fraction of sp³-hybridized carbons (Fsp3) is 0.105. The summed E-state index contributed by atoms with van der Waals surface area (Å²) in [6.07, 6.45) is 5.01. The van der Waals surface area contributed by atoms with Gasteiger partial charge in [0, 0.05) is 18.0 Å². The van der Waals surface area contributed by atoms with Crippen molar-refractivity contribution >= 4 is 12.6 Å². The standard InChI is InChI=1S/C19H17FN6/c1-3-11-23-17(21-2)18-24-19(16-10-6-7-12-22-16)26(25-18)13-14-8-4-5-9-15(14)20/h3-12H,2,13H2,1H3. The number of allylic oxidation sites excluding steroid dienone is 1. The van der Waals surface area contributed by atoms with Crippen molar-refractivity contribution in [3.05, 3.63) is 78.1 Å². The van der Waals surface area contributed by atoms with Gasteiger partial charge in [-0.25, -0.2) is 24.0 Å². The Morgan fingerprint density at radius 3 is 2.73 bits per heavy atom. The quantitative estimate of drug-likeness (QED) is 0.523. The van der Waals surface area contributed by atoms with Crippen LogP contribution in [0.5, 0.6) is 0 Å². The molecule has 0 aliphatic rings. The van der Waals surface area contributed by atoms with Crippen LogP contribution in [-0.2, 0) is 6.54 Å². The zero-order valence-electron chi connectivity index (χ0n) is 14.2. The Balaban J connectivity index is 2.09. The molecule has 0 unspecified atom stereocenters. The second-order valence-corrected chi connectivity index (χ2v) is 5.32. The average Bonchev–Trinajstić information content (AvgIpc) is 3.09. The molecule has 0 N–H and O–H groups in total. The minimum Gasteiger partial charge on any atom is -0.253 e. The van der Waals surface area contributed by atoms with Crippen LogP contribution in [0.15, 0.2) is 70.9 Å². The summed E-state index contributed by atoms with van der Waals surface area (Å²) in [6, 6.07) is 12.0. The molecule has 0 saturated heterocycles. The summed E-state index contributed by atoms with van der Waals surface area (Å²) in [5.74, 6) is 0.782. The molecule has 0 fully saturated rings. The van der Waals surface area contributed by atoms with Gasteiger partial charge in [-0.15, -0.1) is 5.10 Å². The molecule has 0 aliphatic carbocycles. The van der Waals surface area contributed by atoms with Crippen LogP contribution >= 0.6 is 0 Å². The predicted molar refractivity (Wildman–Crippen MR) is 99.7 cm³/mol. The highest BCUT2D eigenvalue weighted by atomic mass is 19.1. The third kappa shape index (κ3) is 3.77. The first kappa shape index (κ1) is 17.3. The van der Waals surface area contributed by atoms with Gasteiger partial charge in [0.2, 0.25) is 5.82 Å². The maximum absolute atomic E-state index is 14.1. The molecule has 130 valence electrons. The number of halogens is 1. The van der Waals surface area contributed by atoms with Gasteiger partial charge < -0.3 is 0 Å². The van der Waals surface area contributed by atoms with Crippen LogP contribution in [0.1, 0.15) is 18.3 Å². The molecule has 0 bridgehead atoms. The first-order chi connectivity index (χ1) is 12.7. The molecule has 7 heteroatoms.